The number of morpholine rings is 1. The van der Waals surface area contributed by atoms with Crippen molar-refractivity contribution in [3.63, 3.8) is 0 Å². The van der Waals surface area contributed by atoms with Gasteiger partial charge in [-0.3, -0.25) is 4.79 Å². The molecule has 0 radical (unpaired) electrons. The van der Waals surface area contributed by atoms with Crippen molar-refractivity contribution in [2.24, 2.45) is 0 Å². The number of nitrogens with zero attached hydrogens (tertiary/aromatic N) is 2. The Bertz CT molecular complexity index is 701. The number of carbonyl (C=O) groups is 2. The van der Waals surface area contributed by atoms with E-state index in [1.54, 1.807) is 6.20 Å². The molecule has 120 valence electrons. The van der Waals surface area contributed by atoms with Crippen molar-refractivity contribution in [3.05, 3.63) is 52.0 Å². The summed E-state index contributed by atoms with van der Waals surface area (Å²) in [4.78, 5) is 29.8. The Morgan fingerprint density at radius 1 is 1.35 bits per heavy atom. The molecule has 1 aromatic heterocycles. The highest BCUT2D eigenvalue weighted by molar-refractivity contribution is 7.13. The van der Waals surface area contributed by atoms with Gasteiger partial charge in [0.05, 0.1) is 24.4 Å². The van der Waals surface area contributed by atoms with Crippen LogP contribution in [-0.4, -0.2) is 52.7 Å². The first-order valence-electron chi connectivity index (χ1n) is 7.26. The molecule has 6 nitrogen and oxygen atoms in total. The van der Waals surface area contributed by atoms with Gasteiger partial charge in [-0.05, 0) is 5.56 Å². The molecule has 7 heteroatoms. The summed E-state index contributed by atoms with van der Waals surface area (Å²) in [6.45, 7) is 0.701. The zero-order valence-electron chi connectivity index (χ0n) is 12.3. The Hall–Kier alpha value is -2.25. The Balaban J connectivity index is 1.67. The van der Waals surface area contributed by atoms with Crippen LogP contribution in [-0.2, 0) is 16.0 Å². The molecule has 23 heavy (non-hydrogen) atoms. The quantitative estimate of drug-likeness (QED) is 0.921. The summed E-state index contributed by atoms with van der Waals surface area (Å²) < 4.78 is 5.13. The van der Waals surface area contributed by atoms with Crippen LogP contribution in [0.25, 0.3) is 0 Å². The van der Waals surface area contributed by atoms with E-state index in [0.717, 1.165) is 10.6 Å². The topological polar surface area (TPSA) is 79.7 Å². The van der Waals surface area contributed by atoms with Crippen molar-refractivity contribution in [3.8, 4) is 0 Å². The van der Waals surface area contributed by atoms with E-state index in [9.17, 15) is 9.59 Å². The third-order valence-electron chi connectivity index (χ3n) is 3.59. The molecule has 1 amide bonds. The van der Waals surface area contributed by atoms with Gasteiger partial charge in [0, 0.05) is 13.0 Å². The fourth-order valence-electron chi connectivity index (χ4n) is 2.40. The molecule has 1 saturated heterocycles. The fourth-order valence-corrected chi connectivity index (χ4v) is 3.32. The van der Waals surface area contributed by atoms with Gasteiger partial charge in [-0.2, -0.15) is 0 Å². The van der Waals surface area contributed by atoms with Gasteiger partial charge >= 0.3 is 5.97 Å². The second kappa shape index (κ2) is 6.89. The van der Waals surface area contributed by atoms with Crippen LogP contribution < -0.4 is 0 Å². The first-order chi connectivity index (χ1) is 11.1. The van der Waals surface area contributed by atoms with Crippen molar-refractivity contribution in [2.45, 2.75) is 12.5 Å². The maximum atomic E-state index is 12.5. The van der Waals surface area contributed by atoms with Gasteiger partial charge in [-0.25, -0.2) is 9.78 Å². The molecule has 1 aliphatic rings. The van der Waals surface area contributed by atoms with Crippen LogP contribution in [0.4, 0.5) is 0 Å². The summed E-state index contributed by atoms with van der Waals surface area (Å²) in [5.74, 6) is -1.23. The van der Waals surface area contributed by atoms with E-state index in [-0.39, 0.29) is 19.1 Å². The first-order valence-corrected chi connectivity index (χ1v) is 8.07. The summed E-state index contributed by atoms with van der Waals surface area (Å²) in [6.07, 6.45) is 1.29. The summed E-state index contributed by atoms with van der Waals surface area (Å²) >= 11 is 1.35. The van der Waals surface area contributed by atoms with E-state index in [0.29, 0.717) is 17.8 Å². The molecule has 0 saturated carbocycles. The predicted octanol–water partition coefficient (Wildman–Crippen LogP) is 1.66. The number of ether oxygens (including phenoxy) is 1. The fraction of sp³-hybridized carbons (Fsp3) is 0.312. The van der Waals surface area contributed by atoms with Crippen LogP contribution in [0.1, 0.15) is 20.2 Å². The normalized spacial score (nSPS) is 17.9. The third-order valence-corrected chi connectivity index (χ3v) is 4.58. The Kier molecular flexibility index (Phi) is 4.68. The highest BCUT2D eigenvalue weighted by Crippen LogP contribution is 2.19. The van der Waals surface area contributed by atoms with E-state index in [1.807, 2.05) is 30.3 Å². The van der Waals surface area contributed by atoms with Gasteiger partial charge in [0.1, 0.15) is 4.88 Å². The van der Waals surface area contributed by atoms with Crippen LogP contribution in [0.15, 0.2) is 36.5 Å². The minimum absolute atomic E-state index is 0.0695. The van der Waals surface area contributed by atoms with Gasteiger partial charge < -0.3 is 14.7 Å². The van der Waals surface area contributed by atoms with Crippen LogP contribution in [0.5, 0.6) is 0 Å². The van der Waals surface area contributed by atoms with Crippen LogP contribution in [0, 0.1) is 0 Å². The van der Waals surface area contributed by atoms with Gasteiger partial charge in [0.15, 0.2) is 6.10 Å². The summed E-state index contributed by atoms with van der Waals surface area (Å²) in [6, 6.07) is 9.92. The second-order valence-electron chi connectivity index (χ2n) is 5.23. The molecule has 0 spiro atoms. The lowest BCUT2D eigenvalue weighted by Crippen LogP contribution is -2.48. The predicted molar refractivity (Wildman–Crippen MR) is 84.6 cm³/mol. The summed E-state index contributed by atoms with van der Waals surface area (Å²) in [5.41, 5.74) is 1.14. The first kappa shape index (κ1) is 15.6. The number of aliphatic carboxylic acids is 1. The average molecular weight is 332 g/mol. The Labute approximate surface area is 137 Å². The lowest BCUT2D eigenvalue weighted by Gasteiger charge is -2.30. The number of rotatable bonds is 4. The zero-order chi connectivity index (χ0) is 16.2. The SMILES string of the molecule is O=C(O)C1CN(C(=O)c2cnc(Cc3ccccc3)s2)CCO1. The van der Waals surface area contributed by atoms with Crippen molar-refractivity contribution in [2.75, 3.05) is 19.7 Å². The van der Waals surface area contributed by atoms with Crippen LogP contribution in [0.2, 0.25) is 0 Å². The number of hydrogen-bond donors (Lipinski definition) is 1. The van der Waals surface area contributed by atoms with Crippen LogP contribution >= 0.6 is 11.3 Å². The molecule has 1 aliphatic heterocycles. The van der Waals surface area contributed by atoms with Gasteiger partial charge in [0.25, 0.3) is 5.91 Å². The zero-order valence-corrected chi connectivity index (χ0v) is 13.2. The number of amides is 1. The second-order valence-corrected chi connectivity index (χ2v) is 6.34. The largest absolute Gasteiger partial charge is 0.479 e. The number of hydrogen-bond acceptors (Lipinski definition) is 5. The van der Waals surface area contributed by atoms with Crippen molar-refractivity contribution >= 4 is 23.2 Å². The molecule has 0 aliphatic carbocycles. The van der Waals surface area contributed by atoms with Gasteiger partial charge in [-0.1, -0.05) is 30.3 Å². The van der Waals surface area contributed by atoms with Crippen LogP contribution in [0.3, 0.4) is 0 Å². The van der Waals surface area contributed by atoms with Crippen molar-refractivity contribution in [1.29, 1.82) is 0 Å². The van der Waals surface area contributed by atoms with E-state index in [1.165, 1.54) is 16.2 Å². The molecular formula is C16H16N2O4S. The minimum Gasteiger partial charge on any atom is -0.479 e. The van der Waals surface area contributed by atoms with Gasteiger partial charge in [-0.15, -0.1) is 11.3 Å². The standard InChI is InChI=1S/C16H16N2O4S/c19-15(18-6-7-22-12(10-18)16(20)21)13-9-17-14(23-13)8-11-4-2-1-3-5-11/h1-5,9,12H,6-8,10H2,(H,20,21). The molecule has 1 fully saturated rings. The molecule has 1 atom stereocenters. The molecule has 1 aromatic carbocycles. The molecule has 1 N–H and O–H groups in total. The smallest absolute Gasteiger partial charge is 0.334 e. The number of carboxylic acid groups (broad SMARTS) is 1. The lowest BCUT2D eigenvalue weighted by atomic mass is 10.2. The van der Waals surface area contributed by atoms with Gasteiger partial charge in [0.2, 0.25) is 0 Å². The maximum Gasteiger partial charge on any atom is 0.334 e. The molecule has 2 heterocycles. The highest BCUT2D eigenvalue weighted by atomic mass is 32.1. The summed E-state index contributed by atoms with van der Waals surface area (Å²) in [7, 11) is 0. The number of carboxylic acids is 1. The minimum atomic E-state index is -1.04. The highest BCUT2D eigenvalue weighted by Gasteiger charge is 2.30. The molecule has 2 aromatic rings. The van der Waals surface area contributed by atoms with Crippen molar-refractivity contribution in [1.82, 2.24) is 9.88 Å². The number of aromatic nitrogens is 1. The maximum absolute atomic E-state index is 12.5. The Morgan fingerprint density at radius 2 is 2.13 bits per heavy atom. The molecule has 1 unspecified atom stereocenters. The monoisotopic (exact) mass is 332 g/mol. The molecule has 3 rings (SSSR count). The molecular weight excluding hydrogens is 316 g/mol. The van der Waals surface area contributed by atoms with Crippen molar-refractivity contribution < 1.29 is 19.4 Å². The third kappa shape index (κ3) is 3.75. The van der Waals surface area contributed by atoms with E-state index < -0.39 is 12.1 Å². The molecule has 0 bridgehead atoms. The average Bonchev–Trinajstić information content (AvgIpc) is 3.03. The number of carbonyl (C=O) groups excluding carboxylic acids is 1. The lowest BCUT2D eigenvalue weighted by molar-refractivity contribution is -0.154. The van der Waals surface area contributed by atoms with E-state index in [4.69, 9.17) is 9.84 Å². The van der Waals surface area contributed by atoms with E-state index in [2.05, 4.69) is 4.98 Å². The van der Waals surface area contributed by atoms with E-state index >= 15 is 0 Å². The number of benzene rings is 1. The number of thiazole rings is 1. The Morgan fingerprint density at radius 3 is 2.87 bits per heavy atom. The summed E-state index contributed by atoms with van der Waals surface area (Å²) in [5, 5.41) is 9.87.